The highest BCUT2D eigenvalue weighted by atomic mass is 79.9. The summed E-state index contributed by atoms with van der Waals surface area (Å²) in [6.07, 6.45) is 6.83. The van der Waals surface area contributed by atoms with Crippen LogP contribution in [0.3, 0.4) is 0 Å². The lowest BCUT2D eigenvalue weighted by atomic mass is 9.89. The van der Waals surface area contributed by atoms with Gasteiger partial charge in [-0.15, -0.1) is 0 Å². The molecule has 1 N–H and O–H groups in total. The number of benzene rings is 1. The first-order valence-corrected chi connectivity index (χ1v) is 10.7. The molecule has 0 amide bonds. The molecule has 24 heavy (non-hydrogen) atoms. The molecule has 0 spiro atoms. The highest BCUT2D eigenvalue weighted by Crippen LogP contribution is 2.40. The zero-order chi connectivity index (χ0) is 16.7. The van der Waals surface area contributed by atoms with Crippen LogP contribution in [-0.2, 0) is 15.7 Å². The lowest BCUT2D eigenvalue weighted by Crippen LogP contribution is -2.29. The Morgan fingerprint density at radius 2 is 1.92 bits per heavy atom. The molecule has 0 bridgehead atoms. The molecule has 0 saturated carbocycles. The number of hydrogen-bond donors (Lipinski definition) is 1. The normalized spacial score (nSPS) is 24.2. The smallest absolute Gasteiger partial charge is 0.161 e. The van der Waals surface area contributed by atoms with Crippen LogP contribution in [0, 0.1) is 5.82 Å². The Balaban J connectivity index is 1.72. The highest BCUT2D eigenvalue weighted by Gasteiger charge is 2.38. The van der Waals surface area contributed by atoms with E-state index in [0.29, 0.717) is 16.7 Å². The first-order valence-electron chi connectivity index (χ1n) is 8.53. The van der Waals surface area contributed by atoms with Crippen molar-refractivity contribution in [2.75, 3.05) is 5.75 Å². The number of rotatable bonds is 1. The minimum atomic E-state index is -0.222. The molecule has 4 rings (SSSR count). The number of allylic oxidation sites excluding steroid dienone is 4. The molecule has 1 atom stereocenters. The van der Waals surface area contributed by atoms with Crippen molar-refractivity contribution < 1.29 is 9.18 Å². The molecule has 2 heterocycles. The van der Waals surface area contributed by atoms with Gasteiger partial charge < -0.3 is 5.32 Å². The van der Waals surface area contributed by atoms with Crippen LogP contribution < -0.4 is 5.32 Å². The Morgan fingerprint density at radius 3 is 2.75 bits per heavy atom. The van der Waals surface area contributed by atoms with Crippen molar-refractivity contribution in [3.05, 3.63) is 50.4 Å². The van der Waals surface area contributed by atoms with E-state index in [1.54, 1.807) is 6.07 Å². The Hall–Kier alpha value is -1.07. The number of ketones is 1. The largest absolute Gasteiger partial charge is 0.358 e. The fourth-order valence-corrected chi connectivity index (χ4v) is 6.81. The van der Waals surface area contributed by atoms with Gasteiger partial charge in [0.15, 0.2) is 15.6 Å². The summed E-state index contributed by atoms with van der Waals surface area (Å²) in [6.45, 7) is 0. The number of nitrogens with one attached hydrogen (secondary N) is 1. The third-order valence-corrected chi connectivity index (χ3v) is 8.12. The van der Waals surface area contributed by atoms with Crippen molar-refractivity contribution in [1.82, 2.24) is 5.32 Å². The standard InChI is InChI=1S/C19H19BrFNOS/c20-14-10-12(7-8-15(14)21)24-9-2-1-4-17-19(24)11-13-16(22-17)5-3-6-18(13)23/h7-8,10H,1-6,9,11H2/p+1. The first-order chi connectivity index (χ1) is 11.6. The molecule has 2 aliphatic heterocycles. The van der Waals surface area contributed by atoms with Crippen molar-refractivity contribution in [2.24, 2.45) is 0 Å². The maximum absolute atomic E-state index is 13.6. The van der Waals surface area contributed by atoms with Gasteiger partial charge in [0, 0.05) is 30.2 Å². The van der Waals surface area contributed by atoms with Crippen LogP contribution in [0.15, 0.2) is 49.4 Å². The molecule has 0 saturated heterocycles. The molecular weight excluding hydrogens is 389 g/mol. The van der Waals surface area contributed by atoms with E-state index >= 15 is 0 Å². The van der Waals surface area contributed by atoms with Gasteiger partial charge in [0.1, 0.15) is 11.6 Å². The van der Waals surface area contributed by atoms with Crippen molar-refractivity contribution in [1.29, 1.82) is 0 Å². The second-order valence-corrected chi connectivity index (χ2v) is 9.57. The van der Waals surface area contributed by atoms with Crippen molar-refractivity contribution in [3.8, 4) is 0 Å². The van der Waals surface area contributed by atoms with E-state index in [9.17, 15) is 9.18 Å². The number of halogens is 2. The molecule has 0 aromatic heterocycles. The Bertz CT molecular complexity index is 771. The predicted octanol–water partition coefficient (Wildman–Crippen LogP) is 4.96. The second-order valence-electron chi connectivity index (χ2n) is 6.57. The van der Waals surface area contributed by atoms with E-state index in [-0.39, 0.29) is 16.7 Å². The Morgan fingerprint density at radius 1 is 1.08 bits per heavy atom. The SMILES string of the molecule is O=C1CCCC2=C1CC1=C(CCCC[S+]1c1ccc(F)c(Br)c1)N2. The van der Waals surface area contributed by atoms with Crippen LogP contribution in [0.1, 0.15) is 44.9 Å². The highest BCUT2D eigenvalue weighted by molar-refractivity contribution is 9.10. The molecule has 0 radical (unpaired) electrons. The summed E-state index contributed by atoms with van der Waals surface area (Å²) in [5.74, 6) is 1.18. The number of carbonyl (C=O) groups excluding carboxylic acids is 1. The summed E-state index contributed by atoms with van der Waals surface area (Å²) in [5, 5.41) is 3.61. The van der Waals surface area contributed by atoms with Gasteiger partial charge in [-0.2, -0.15) is 0 Å². The molecule has 3 aliphatic rings. The van der Waals surface area contributed by atoms with E-state index in [1.165, 1.54) is 28.3 Å². The minimum Gasteiger partial charge on any atom is -0.358 e. The van der Waals surface area contributed by atoms with Crippen LogP contribution in [0.5, 0.6) is 0 Å². The van der Waals surface area contributed by atoms with Gasteiger partial charge in [0.2, 0.25) is 0 Å². The molecule has 1 aromatic carbocycles. The summed E-state index contributed by atoms with van der Waals surface area (Å²) in [7, 11) is -0.0565. The van der Waals surface area contributed by atoms with E-state index in [2.05, 4.69) is 21.2 Å². The summed E-state index contributed by atoms with van der Waals surface area (Å²) >= 11 is 3.32. The average Bonchev–Trinajstić information content (AvgIpc) is 2.78. The van der Waals surface area contributed by atoms with Gasteiger partial charge in [-0.05, 0) is 60.2 Å². The molecule has 1 unspecified atom stereocenters. The zero-order valence-corrected chi connectivity index (χ0v) is 15.9. The molecular formula is C19H20BrFNOS+. The topological polar surface area (TPSA) is 29.1 Å². The molecule has 2 nitrogen and oxygen atoms in total. The first kappa shape index (κ1) is 16.4. The van der Waals surface area contributed by atoms with Crippen LogP contribution in [0.4, 0.5) is 4.39 Å². The van der Waals surface area contributed by atoms with Crippen molar-refractivity contribution in [2.45, 2.75) is 49.8 Å². The Kier molecular flexibility index (Phi) is 4.56. The van der Waals surface area contributed by atoms with Gasteiger partial charge in [-0.25, -0.2) is 4.39 Å². The van der Waals surface area contributed by atoms with E-state index < -0.39 is 0 Å². The van der Waals surface area contributed by atoms with Gasteiger partial charge in [0.05, 0.1) is 21.1 Å². The molecule has 1 aromatic rings. The van der Waals surface area contributed by atoms with Gasteiger partial charge in [0.25, 0.3) is 0 Å². The quantitative estimate of drug-likeness (QED) is 0.665. The number of Topliss-reactive ketones (excluding diaryl/α,β-unsaturated/α-hetero) is 1. The van der Waals surface area contributed by atoms with Crippen LogP contribution in [0.2, 0.25) is 0 Å². The third-order valence-electron chi connectivity index (χ3n) is 5.01. The number of dihydropyridines is 1. The van der Waals surface area contributed by atoms with Crippen LogP contribution in [0.25, 0.3) is 0 Å². The summed E-state index contributed by atoms with van der Waals surface area (Å²) in [5.41, 5.74) is 3.49. The van der Waals surface area contributed by atoms with Crippen LogP contribution in [-0.4, -0.2) is 11.5 Å². The molecule has 126 valence electrons. The lowest BCUT2D eigenvalue weighted by molar-refractivity contribution is -0.116. The maximum Gasteiger partial charge on any atom is 0.161 e. The molecule has 0 fully saturated rings. The number of carbonyl (C=O) groups is 1. The zero-order valence-electron chi connectivity index (χ0n) is 13.5. The number of hydrogen-bond acceptors (Lipinski definition) is 2. The van der Waals surface area contributed by atoms with E-state index in [0.717, 1.165) is 42.7 Å². The third kappa shape index (κ3) is 2.97. The van der Waals surface area contributed by atoms with Gasteiger partial charge in [-0.1, -0.05) is 0 Å². The fraction of sp³-hybridized carbons (Fsp3) is 0.421. The van der Waals surface area contributed by atoms with E-state index in [4.69, 9.17) is 0 Å². The molecule has 1 aliphatic carbocycles. The second kappa shape index (κ2) is 6.68. The molecule has 5 heteroatoms. The summed E-state index contributed by atoms with van der Waals surface area (Å²) in [6, 6.07) is 5.37. The minimum absolute atomic E-state index is 0.0565. The predicted molar refractivity (Wildman–Crippen MR) is 99.1 cm³/mol. The summed E-state index contributed by atoms with van der Waals surface area (Å²) < 4.78 is 14.2. The van der Waals surface area contributed by atoms with Crippen LogP contribution >= 0.6 is 15.9 Å². The monoisotopic (exact) mass is 408 g/mol. The van der Waals surface area contributed by atoms with Crippen molar-refractivity contribution in [3.63, 3.8) is 0 Å². The lowest BCUT2D eigenvalue weighted by Gasteiger charge is -2.27. The van der Waals surface area contributed by atoms with Gasteiger partial charge in [-0.3, -0.25) is 4.79 Å². The average molecular weight is 409 g/mol. The Labute approximate surface area is 153 Å². The fourth-order valence-electron chi connectivity index (χ4n) is 3.76. The van der Waals surface area contributed by atoms with E-state index in [1.807, 2.05) is 12.1 Å². The maximum atomic E-state index is 13.6. The van der Waals surface area contributed by atoms with Crippen molar-refractivity contribution >= 4 is 32.6 Å². The van der Waals surface area contributed by atoms with Gasteiger partial charge >= 0.3 is 0 Å². The summed E-state index contributed by atoms with van der Waals surface area (Å²) in [4.78, 5) is 14.9.